The number of nitrogens with zero attached hydrogens (tertiary/aromatic N) is 1. The average Bonchev–Trinajstić information content (AvgIpc) is 3.34. The average molecular weight is 452 g/mol. The number of hydrogen-bond donors (Lipinski definition) is 1. The van der Waals surface area contributed by atoms with Gasteiger partial charge < -0.3 is 14.3 Å². The minimum atomic E-state index is -0.985. The van der Waals surface area contributed by atoms with Crippen LogP contribution >= 0.6 is 24.0 Å². The molecule has 0 radical (unpaired) electrons. The van der Waals surface area contributed by atoms with Gasteiger partial charge in [-0.2, -0.15) is 0 Å². The molecule has 1 N–H and O–H groups in total. The number of carbonyl (C=O) groups is 2. The summed E-state index contributed by atoms with van der Waals surface area (Å²) < 4.78 is 11.7. The molecule has 0 unspecified atom stereocenters. The summed E-state index contributed by atoms with van der Waals surface area (Å²) >= 11 is 6.62. The van der Waals surface area contributed by atoms with Crippen molar-refractivity contribution in [3.63, 3.8) is 0 Å². The molecule has 1 aliphatic heterocycles. The number of rotatable bonds is 6. The molecule has 6 nitrogen and oxygen atoms in total. The molecule has 1 saturated heterocycles. The van der Waals surface area contributed by atoms with Crippen molar-refractivity contribution in [1.82, 2.24) is 0 Å². The van der Waals surface area contributed by atoms with Gasteiger partial charge in [0, 0.05) is 11.6 Å². The van der Waals surface area contributed by atoms with Crippen molar-refractivity contribution < 1.29 is 23.8 Å². The molecule has 0 atom stereocenters. The maximum absolute atomic E-state index is 12.9. The van der Waals surface area contributed by atoms with Gasteiger partial charge in [0.2, 0.25) is 0 Å². The van der Waals surface area contributed by atoms with Gasteiger partial charge in [0.05, 0.1) is 22.8 Å². The summed E-state index contributed by atoms with van der Waals surface area (Å²) in [6, 6.07) is 17.1. The van der Waals surface area contributed by atoms with Crippen LogP contribution in [0.4, 0.5) is 5.69 Å². The molecule has 1 amide bonds. The van der Waals surface area contributed by atoms with E-state index in [0.29, 0.717) is 33.0 Å². The number of hydrogen-bond acceptors (Lipinski definition) is 6. The summed E-state index contributed by atoms with van der Waals surface area (Å²) in [4.78, 5) is 25.9. The smallest absolute Gasteiger partial charge is 0.335 e. The summed E-state index contributed by atoms with van der Waals surface area (Å²) in [5, 5.41) is 9.01. The zero-order valence-corrected chi connectivity index (χ0v) is 18.0. The zero-order valence-electron chi connectivity index (χ0n) is 16.4. The van der Waals surface area contributed by atoms with E-state index in [-0.39, 0.29) is 11.5 Å². The number of ether oxygens (including phenoxy) is 1. The molecule has 2 heterocycles. The third-order valence-corrected chi connectivity index (χ3v) is 5.82. The molecule has 1 aliphatic rings. The molecule has 0 aliphatic carbocycles. The largest absolute Gasteiger partial charge is 0.494 e. The monoisotopic (exact) mass is 451 g/mol. The molecular weight excluding hydrogens is 434 g/mol. The molecule has 1 aromatic heterocycles. The van der Waals surface area contributed by atoms with Crippen molar-refractivity contribution in [3.05, 3.63) is 76.9 Å². The van der Waals surface area contributed by atoms with Crippen molar-refractivity contribution in [2.24, 2.45) is 0 Å². The van der Waals surface area contributed by atoms with Gasteiger partial charge in [-0.15, -0.1) is 0 Å². The minimum Gasteiger partial charge on any atom is -0.494 e. The molecule has 0 bridgehead atoms. The standard InChI is InChI=1S/C23H17NO5S2/c1-2-28-17-9-7-16(8-10-17)24-21(25)20(31-23(24)30)13-18-11-12-19(29-18)14-3-5-15(6-4-14)22(26)27/h3-13H,2H2,1H3,(H,26,27). The lowest BCUT2D eigenvalue weighted by Gasteiger charge is -2.15. The Hall–Kier alpha value is -3.36. The van der Waals surface area contributed by atoms with E-state index >= 15 is 0 Å². The van der Waals surface area contributed by atoms with Gasteiger partial charge in [-0.25, -0.2) is 4.79 Å². The van der Waals surface area contributed by atoms with Gasteiger partial charge in [-0.1, -0.05) is 36.1 Å². The van der Waals surface area contributed by atoms with Crippen molar-refractivity contribution in [3.8, 4) is 17.1 Å². The topological polar surface area (TPSA) is 80.0 Å². The fourth-order valence-corrected chi connectivity index (χ4v) is 4.32. The first-order chi connectivity index (χ1) is 15.0. The molecule has 2 aromatic carbocycles. The summed E-state index contributed by atoms with van der Waals surface area (Å²) in [5.74, 6) is 0.602. The summed E-state index contributed by atoms with van der Waals surface area (Å²) in [5.41, 5.74) is 1.62. The molecule has 31 heavy (non-hydrogen) atoms. The van der Waals surface area contributed by atoms with E-state index in [2.05, 4.69) is 0 Å². The number of furan rings is 1. The number of carboxylic acid groups (broad SMARTS) is 1. The second-order valence-corrected chi connectivity index (χ2v) is 8.20. The number of anilines is 1. The van der Waals surface area contributed by atoms with E-state index in [0.717, 1.165) is 11.3 Å². The molecule has 0 spiro atoms. The van der Waals surface area contributed by atoms with Gasteiger partial charge in [-0.3, -0.25) is 9.69 Å². The maximum atomic E-state index is 12.9. The highest BCUT2D eigenvalue weighted by Gasteiger charge is 2.33. The lowest BCUT2D eigenvalue weighted by molar-refractivity contribution is -0.113. The Labute approximate surface area is 188 Å². The summed E-state index contributed by atoms with van der Waals surface area (Å²) in [6.07, 6.45) is 1.66. The Kier molecular flexibility index (Phi) is 5.92. The van der Waals surface area contributed by atoms with Gasteiger partial charge in [-0.05, 0) is 55.5 Å². The van der Waals surface area contributed by atoms with Gasteiger partial charge in [0.15, 0.2) is 4.32 Å². The van der Waals surface area contributed by atoms with E-state index in [9.17, 15) is 9.59 Å². The third-order valence-electron chi connectivity index (χ3n) is 4.52. The van der Waals surface area contributed by atoms with Crippen LogP contribution in [0.5, 0.6) is 5.75 Å². The predicted molar refractivity (Wildman–Crippen MR) is 124 cm³/mol. The quantitative estimate of drug-likeness (QED) is 0.394. The molecule has 8 heteroatoms. The van der Waals surface area contributed by atoms with E-state index in [4.69, 9.17) is 26.5 Å². The zero-order chi connectivity index (χ0) is 22.0. The van der Waals surface area contributed by atoms with E-state index in [1.54, 1.807) is 54.6 Å². The Morgan fingerprint density at radius 1 is 1.13 bits per heavy atom. The number of aromatic carboxylic acids is 1. The second-order valence-electron chi connectivity index (χ2n) is 6.53. The number of amides is 1. The van der Waals surface area contributed by atoms with Crippen LogP contribution in [0.25, 0.3) is 17.4 Å². The van der Waals surface area contributed by atoms with Crippen LogP contribution in [0.2, 0.25) is 0 Å². The molecule has 0 saturated carbocycles. The Morgan fingerprint density at radius 3 is 2.48 bits per heavy atom. The first-order valence-corrected chi connectivity index (χ1v) is 10.6. The Balaban J connectivity index is 1.54. The van der Waals surface area contributed by atoms with Crippen LogP contribution in [0.1, 0.15) is 23.0 Å². The number of benzene rings is 2. The first-order valence-electron chi connectivity index (χ1n) is 9.40. The van der Waals surface area contributed by atoms with E-state index in [1.165, 1.54) is 28.8 Å². The van der Waals surface area contributed by atoms with Crippen molar-refractivity contribution >= 4 is 51.9 Å². The fraction of sp³-hybridized carbons (Fsp3) is 0.0870. The fourth-order valence-electron chi connectivity index (χ4n) is 3.04. The predicted octanol–water partition coefficient (Wildman–Crippen LogP) is 5.45. The molecule has 3 aromatic rings. The Bertz CT molecular complexity index is 1180. The molecule has 4 rings (SSSR count). The highest BCUT2D eigenvalue weighted by molar-refractivity contribution is 8.27. The van der Waals surface area contributed by atoms with Crippen LogP contribution in [0.15, 0.2) is 70.0 Å². The van der Waals surface area contributed by atoms with Gasteiger partial charge in [0.1, 0.15) is 17.3 Å². The molecule has 156 valence electrons. The van der Waals surface area contributed by atoms with Crippen LogP contribution in [-0.2, 0) is 4.79 Å². The summed E-state index contributed by atoms with van der Waals surface area (Å²) in [6.45, 7) is 2.48. The second kappa shape index (κ2) is 8.79. The highest BCUT2D eigenvalue weighted by Crippen LogP contribution is 2.37. The van der Waals surface area contributed by atoms with Crippen LogP contribution in [-0.4, -0.2) is 27.9 Å². The van der Waals surface area contributed by atoms with Crippen molar-refractivity contribution in [2.75, 3.05) is 11.5 Å². The maximum Gasteiger partial charge on any atom is 0.335 e. The SMILES string of the molecule is CCOc1ccc(N2C(=O)C(=Cc3ccc(-c4ccc(C(=O)O)cc4)o3)SC2=S)cc1. The molecular formula is C23H17NO5S2. The number of thioether (sulfide) groups is 1. The van der Waals surface area contributed by atoms with Gasteiger partial charge in [0.25, 0.3) is 5.91 Å². The number of carbonyl (C=O) groups excluding carboxylic acids is 1. The number of thiocarbonyl (C=S) groups is 1. The van der Waals surface area contributed by atoms with Crippen molar-refractivity contribution in [2.45, 2.75) is 6.92 Å². The third kappa shape index (κ3) is 4.40. The molecule has 1 fully saturated rings. The Morgan fingerprint density at radius 2 is 1.84 bits per heavy atom. The van der Waals surface area contributed by atoms with Crippen LogP contribution < -0.4 is 9.64 Å². The van der Waals surface area contributed by atoms with Crippen LogP contribution in [0.3, 0.4) is 0 Å². The van der Waals surface area contributed by atoms with Gasteiger partial charge >= 0.3 is 5.97 Å². The van der Waals surface area contributed by atoms with Crippen LogP contribution in [0, 0.1) is 0 Å². The van der Waals surface area contributed by atoms with Crippen molar-refractivity contribution in [1.29, 1.82) is 0 Å². The summed E-state index contributed by atoms with van der Waals surface area (Å²) in [7, 11) is 0. The highest BCUT2D eigenvalue weighted by atomic mass is 32.2. The normalized spacial score (nSPS) is 15.0. The lowest BCUT2D eigenvalue weighted by atomic mass is 10.1. The first kappa shape index (κ1) is 20.9. The van der Waals surface area contributed by atoms with E-state index in [1.807, 2.05) is 6.92 Å². The lowest BCUT2D eigenvalue weighted by Crippen LogP contribution is -2.27. The minimum absolute atomic E-state index is 0.202. The number of carboxylic acids is 1. The van der Waals surface area contributed by atoms with E-state index < -0.39 is 5.97 Å².